The largest absolute Gasteiger partial charge is 0.398 e. The number of nitrogens with zero attached hydrogens (tertiary/aromatic N) is 1. The lowest BCUT2D eigenvalue weighted by Gasteiger charge is -2.35. The van der Waals surface area contributed by atoms with E-state index >= 15 is 0 Å². The number of fused-ring (bicyclic) bond motifs is 1. The van der Waals surface area contributed by atoms with Crippen LogP contribution in [0.2, 0.25) is 0 Å². The van der Waals surface area contributed by atoms with E-state index < -0.39 is 0 Å². The Hall–Kier alpha value is -1.84. The SMILES string of the molecule is CC(C)CC1Cc2c(N)cccc2CN1N.Cc1ccccc1. The minimum atomic E-state index is 0.428. The van der Waals surface area contributed by atoms with Gasteiger partial charge in [-0.2, -0.15) is 0 Å². The molecule has 1 unspecified atom stereocenters. The van der Waals surface area contributed by atoms with Crippen LogP contribution in [0.1, 0.15) is 37.0 Å². The average Bonchev–Trinajstić information content (AvgIpc) is 2.50. The summed E-state index contributed by atoms with van der Waals surface area (Å²) in [6.07, 6.45) is 2.11. The lowest BCUT2D eigenvalue weighted by molar-refractivity contribution is 0.153. The van der Waals surface area contributed by atoms with Gasteiger partial charge < -0.3 is 5.73 Å². The molecule has 0 fully saturated rings. The van der Waals surface area contributed by atoms with E-state index in [9.17, 15) is 0 Å². The van der Waals surface area contributed by atoms with Crippen LogP contribution < -0.4 is 11.6 Å². The minimum Gasteiger partial charge on any atom is -0.398 e. The summed E-state index contributed by atoms with van der Waals surface area (Å²) in [5, 5.41) is 1.96. The first kappa shape index (κ1) is 17.5. The summed E-state index contributed by atoms with van der Waals surface area (Å²) < 4.78 is 0. The zero-order chi connectivity index (χ0) is 16.8. The highest BCUT2D eigenvalue weighted by Crippen LogP contribution is 2.28. The fraction of sp³-hybridized carbons (Fsp3) is 0.400. The standard InChI is InChI=1S/C13H21N3.C7H8/c1-9(2)6-11-7-12-10(8-16(11)15)4-3-5-13(12)14;1-7-5-3-2-4-6-7/h3-5,9,11H,6-8,14-15H2,1-2H3;2-6H,1H3. The van der Waals surface area contributed by atoms with E-state index in [0.29, 0.717) is 12.0 Å². The minimum absolute atomic E-state index is 0.428. The van der Waals surface area contributed by atoms with Crippen molar-refractivity contribution < 1.29 is 0 Å². The molecule has 3 nitrogen and oxygen atoms in total. The van der Waals surface area contributed by atoms with Crippen LogP contribution in [-0.2, 0) is 13.0 Å². The van der Waals surface area contributed by atoms with Crippen molar-refractivity contribution in [3.63, 3.8) is 0 Å². The van der Waals surface area contributed by atoms with E-state index in [-0.39, 0.29) is 0 Å². The van der Waals surface area contributed by atoms with Gasteiger partial charge in [-0.3, -0.25) is 5.84 Å². The Labute approximate surface area is 140 Å². The first-order valence-electron chi connectivity index (χ1n) is 8.36. The van der Waals surface area contributed by atoms with Gasteiger partial charge in [0.15, 0.2) is 0 Å². The van der Waals surface area contributed by atoms with Crippen molar-refractivity contribution in [3.05, 3.63) is 65.2 Å². The summed E-state index contributed by atoms with van der Waals surface area (Å²) in [7, 11) is 0. The maximum Gasteiger partial charge on any atom is 0.0386 e. The molecule has 0 saturated heterocycles. The van der Waals surface area contributed by atoms with E-state index in [1.54, 1.807) is 0 Å². The van der Waals surface area contributed by atoms with Crippen molar-refractivity contribution in [2.75, 3.05) is 5.73 Å². The zero-order valence-corrected chi connectivity index (χ0v) is 14.5. The molecule has 0 aliphatic carbocycles. The van der Waals surface area contributed by atoms with Crippen LogP contribution in [0.4, 0.5) is 5.69 Å². The summed E-state index contributed by atoms with van der Waals surface area (Å²) in [6, 6.07) is 16.8. The molecule has 1 aliphatic heterocycles. The van der Waals surface area contributed by atoms with Crippen LogP contribution in [0.5, 0.6) is 0 Å². The Morgan fingerprint density at radius 1 is 1.09 bits per heavy atom. The third-order valence-corrected chi connectivity index (χ3v) is 4.25. The van der Waals surface area contributed by atoms with Crippen molar-refractivity contribution in [2.24, 2.45) is 11.8 Å². The lowest BCUT2D eigenvalue weighted by Crippen LogP contribution is -2.45. The number of nitrogens with two attached hydrogens (primary N) is 2. The molecule has 0 radical (unpaired) electrons. The van der Waals surface area contributed by atoms with Gasteiger partial charge in [0.1, 0.15) is 0 Å². The highest BCUT2D eigenvalue weighted by atomic mass is 15.4. The van der Waals surface area contributed by atoms with Crippen molar-refractivity contribution in [3.8, 4) is 0 Å². The number of hydrogen-bond acceptors (Lipinski definition) is 3. The summed E-state index contributed by atoms with van der Waals surface area (Å²) in [5.74, 6) is 6.75. The second-order valence-corrected chi connectivity index (χ2v) is 6.80. The molecular formula is C20H29N3. The highest BCUT2D eigenvalue weighted by Gasteiger charge is 2.25. The Bertz CT molecular complexity index is 608. The average molecular weight is 311 g/mol. The van der Waals surface area contributed by atoms with Gasteiger partial charge in [0.05, 0.1) is 0 Å². The molecule has 3 heteroatoms. The lowest BCUT2D eigenvalue weighted by atomic mass is 9.89. The van der Waals surface area contributed by atoms with Crippen LogP contribution in [0.3, 0.4) is 0 Å². The van der Waals surface area contributed by atoms with E-state index in [1.165, 1.54) is 16.7 Å². The van der Waals surface area contributed by atoms with Gasteiger partial charge in [-0.05, 0) is 42.9 Å². The molecule has 1 heterocycles. The summed E-state index contributed by atoms with van der Waals surface area (Å²) in [4.78, 5) is 0. The number of hydrazine groups is 1. The predicted octanol–water partition coefficient (Wildman–Crippen LogP) is 3.91. The topological polar surface area (TPSA) is 55.3 Å². The van der Waals surface area contributed by atoms with E-state index in [2.05, 4.69) is 39.0 Å². The fourth-order valence-corrected chi connectivity index (χ4v) is 3.03. The Morgan fingerprint density at radius 3 is 2.35 bits per heavy atom. The van der Waals surface area contributed by atoms with Gasteiger partial charge in [-0.15, -0.1) is 0 Å². The molecule has 1 atom stereocenters. The van der Waals surface area contributed by atoms with E-state index in [0.717, 1.165) is 25.1 Å². The molecule has 0 bridgehead atoms. The van der Waals surface area contributed by atoms with Gasteiger partial charge in [-0.25, -0.2) is 5.01 Å². The molecule has 0 saturated carbocycles. The van der Waals surface area contributed by atoms with Crippen molar-refractivity contribution >= 4 is 5.69 Å². The van der Waals surface area contributed by atoms with Gasteiger partial charge >= 0.3 is 0 Å². The van der Waals surface area contributed by atoms with E-state index in [1.807, 2.05) is 35.3 Å². The molecule has 0 spiro atoms. The maximum absolute atomic E-state index is 6.08. The number of aryl methyl sites for hydroxylation is 1. The summed E-state index contributed by atoms with van der Waals surface area (Å²) in [5.41, 5.74) is 10.8. The van der Waals surface area contributed by atoms with E-state index in [4.69, 9.17) is 11.6 Å². The molecule has 4 N–H and O–H groups in total. The van der Waals surface area contributed by atoms with Crippen molar-refractivity contribution in [1.82, 2.24) is 5.01 Å². The molecule has 2 aromatic rings. The number of nitrogen functional groups attached to an aromatic ring is 1. The van der Waals surface area contributed by atoms with Crippen LogP contribution in [0.15, 0.2) is 48.5 Å². The van der Waals surface area contributed by atoms with Gasteiger partial charge in [-0.1, -0.05) is 61.9 Å². The second-order valence-electron chi connectivity index (χ2n) is 6.80. The molecule has 0 amide bonds. The number of benzene rings is 2. The quantitative estimate of drug-likeness (QED) is 0.653. The number of rotatable bonds is 2. The third-order valence-electron chi connectivity index (χ3n) is 4.25. The molecular weight excluding hydrogens is 282 g/mol. The van der Waals surface area contributed by atoms with Crippen LogP contribution in [-0.4, -0.2) is 11.1 Å². The third kappa shape index (κ3) is 5.08. The first-order valence-corrected chi connectivity index (χ1v) is 8.36. The van der Waals surface area contributed by atoms with Gasteiger partial charge in [0.2, 0.25) is 0 Å². The highest BCUT2D eigenvalue weighted by molar-refractivity contribution is 5.52. The van der Waals surface area contributed by atoms with Crippen LogP contribution in [0, 0.1) is 12.8 Å². The monoisotopic (exact) mass is 311 g/mol. The van der Waals surface area contributed by atoms with Crippen LogP contribution in [0.25, 0.3) is 0 Å². The molecule has 3 rings (SSSR count). The Morgan fingerprint density at radius 2 is 1.78 bits per heavy atom. The van der Waals surface area contributed by atoms with Gasteiger partial charge in [0, 0.05) is 18.3 Å². The summed E-state index contributed by atoms with van der Waals surface area (Å²) >= 11 is 0. The molecule has 124 valence electrons. The Balaban J connectivity index is 0.000000229. The normalized spacial score (nSPS) is 17.3. The maximum atomic E-state index is 6.08. The van der Waals surface area contributed by atoms with Crippen molar-refractivity contribution in [2.45, 2.75) is 46.2 Å². The predicted molar refractivity (Wildman–Crippen MR) is 98.7 cm³/mol. The zero-order valence-electron chi connectivity index (χ0n) is 14.5. The molecule has 23 heavy (non-hydrogen) atoms. The molecule has 2 aromatic carbocycles. The van der Waals surface area contributed by atoms with Crippen LogP contribution >= 0.6 is 0 Å². The fourth-order valence-electron chi connectivity index (χ4n) is 3.03. The van der Waals surface area contributed by atoms with Gasteiger partial charge in [0.25, 0.3) is 0 Å². The molecule has 1 aliphatic rings. The first-order chi connectivity index (χ1) is 11.0. The second kappa shape index (κ2) is 8.14. The number of hydrogen-bond donors (Lipinski definition) is 2. The Kier molecular flexibility index (Phi) is 6.20. The summed E-state index contributed by atoms with van der Waals surface area (Å²) in [6.45, 7) is 7.37. The van der Waals surface area contributed by atoms with Crippen molar-refractivity contribution in [1.29, 1.82) is 0 Å². The number of anilines is 1. The smallest absolute Gasteiger partial charge is 0.0386 e. The molecule has 0 aromatic heterocycles.